The van der Waals surface area contributed by atoms with E-state index < -0.39 is 0 Å². The predicted octanol–water partition coefficient (Wildman–Crippen LogP) is 2.35. The quantitative estimate of drug-likeness (QED) is 0.612. The number of H-pyrrole nitrogens is 1. The van der Waals surface area contributed by atoms with E-state index in [1.807, 2.05) is 18.2 Å². The van der Waals surface area contributed by atoms with Crippen molar-refractivity contribution < 1.29 is 4.79 Å². The predicted molar refractivity (Wildman–Crippen MR) is 74.0 cm³/mol. The smallest absolute Gasteiger partial charge is 0.260 e. The van der Waals surface area contributed by atoms with Crippen molar-refractivity contribution >= 4 is 17.5 Å². The number of carbonyl (C=O) groups excluding carboxylic acids is 1. The number of nitrogens with one attached hydrogen (secondary N) is 2. The topological polar surface area (TPSA) is 83.8 Å². The molecule has 0 atom stereocenters. The Hall–Kier alpha value is -2.82. The number of nitrogens with zero attached hydrogens (tertiary/aromatic N) is 1. The van der Waals surface area contributed by atoms with Crippen LogP contribution in [-0.4, -0.2) is 15.9 Å². The van der Waals surface area contributed by atoms with Gasteiger partial charge in [0.2, 0.25) is 5.95 Å². The summed E-state index contributed by atoms with van der Waals surface area (Å²) in [5.41, 5.74) is 8.55. The second-order valence-electron chi connectivity index (χ2n) is 4.17. The Labute approximate surface area is 109 Å². The maximum absolute atomic E-state index is 12.1. The normalized spacial score (nSPS) is 10.5. The fourth-order valence-electron chi connectivity index (χ4n) is 1.90. The molecular formula is C14H12N4O. The fraction of sp³-hybridized carbons (Fsp3) is 0. The van der Waals surface area contributed by atoms with Crippen LogP contribution in [0.1, 0.15) is 10.4 Å². The van der Waals surface area contributed by atoms with Crippen LogP contribution < -0.4 is 11.1 Å². The van der Waals surface area contributed by atoms with Gasteiger partial charge in [-0.05, 0) is 18.2 Å². The zero-order valence-corrected chi connectivity index (χ0v) is 10.1. The molecule has 0 saturated heterocycles. The average molecular weight is 252 g/mol. The lowest BCUT2D eigenvalue weighted by Gasteiger charge is -2.08. The lowest BCUT2D eigenvalue weighted by molar-refractivity contribution is 0.102. The second kappa shape index (κ2) is 4.45. The van der Waals surface area contributed by atoms with E-state index in [2.05, 4.69) is 15.3 Å². The SMILES string of the molecule is Nc1ccccc1C(=O)Nc1ncc2cccc-2[nH]1. The summed E-state index contributed by atoms with van der Waals surface area (Å²) >= 11 is 0. The summed E-state index contributed by atoms with van der Waals surface area (Å²) in [4.78, 5) is 19.2. The molecule has 4 N–H and O–H groups in total. The van der Waals surface area contributed by atoms with Gasteiger partial charge in [0.15, 0.2) is 0 Å². The summed E-state index contributed by atoms with van der Waals surface area (Å²) in [6.45, 7) is 0. The highest BCUT2D eigenvalue weighted by atomic mass is 16.1. The average Bonchev–Trinajstić information content (AvgIpc) is 2.86. The molecule has 0 bridgehead atoms. The maximum atomic E-state index is 12.1. The molecule has 1 aliphatic heterocycles. The molecule has 1 aliphatic carbocycles. The number of nitrogens with two attached hydrogens (primary N) is 1. The van der Waals surface area contributed by atoms with Crippen LogP contribution in [0.4, 0.5) is 11.6 Å². The molecule has 2 aliphatic rings. The Morgan fingerprint density at radius 1 is 1.16 bits per heavy atom. The summed E-state index contributed by atoms with van der Waals surface area (Å²) in [5.74, 6) is 0.111. The van der Waals surface area contributed by atoms with Crippen molar-refractivity contribution in [1.82, 2.24) is 9.97 Å². The number of aromatic amines is 1. The number of amides is 1. The van der Waals surface area contributed by atoms with Gasteiger partial charge in [-0.2, -0.15) is 0 Å². The third kappa shape index (κ3) is 2.13. The van der Waals surface area contributed by atoms with Gasteiger partial charge < -0.3 is 10.7 Å². The first kappa shape index (κ1) is 11.3. The summed E-state index contributed by atoms with van der Waals surface area (Å²) in [7, 11) is 0. The van der Waals surface area contributed by atoms with Crippen LogP contribution in [-0.2, 0) is 0 Å². The van der Waals surface area contributed by atoms with Gasteiger partial charge in [0.05, 0.1) is 5.56 Å². The minimum Gasteiger partial charge on any atom is -0.398 e. The number of hydrogen-bond acceptors (Lipinski definition) is 3. The van der Waals surface area contributed by atoms with E-state index >= 15 is 0 Å². The molecule has 0 fully saturated rings. The second-order valence-corrected chi connectivity index (χ2v) is 4.17. The Balaban J connectivity index is 1.87. The van der Waals surface area contributed by atoms with Gasteiger partial charge in [0, 0.05) is 23.1 Å². The van der Waals surface area contributed by atoms with Crippen LogP contribution >= 0.6 is 0 Å². The van der Waals surface area contributed by atoms with Crippen molar-refractivity contribution in [3.63, 3.8) is 0 Å². The van der Waals surface area contributed by atoms with Crippen molar-refractivity contribution in [2.75, 3.05) is 11.1 Å². The standard InChI is InChI=1S/C14H12N4O/c15-11-6-2-1-5-10(11)13(19)18-14-16-8-9-4-3-7-12(9)17-14/h1-8H,15H2,(H2,16,17,18,19). The number of nitrogen functional groups attached to an aromatic ring is 1. The zero-order chi connectivity index (χ0) is 13.2. The van der Waals surface area contributed by atoms with Crippen LogP contribution in [0.25, 0.3) is 11.3 Å². The first-order valence-corrected chi connectivity index (χ1v) is 5.83. The first-order chi connectivity index (χ1) is 9.24. The fourth-order valence-corrected chi connectivity index (χ4v) is 1.90. The third-order valence-electron chi connectivity index (χ3n) is 2.87. The van der Waals surface area contributed by atoms with Gasteiger partial charge in [0.25, 0.3) is 5.91 Å². The number of hydrogen-bond donors (Lipinski definition) is 3. The van der Waals surface area contributed by atoms with Gasteiger partial charge in [-0.3, -0.25) is 10.1 Å². The zero-order valence-electron chi connectivity index (χ0n) is 10.1. The molecule has 1 amide bonds. The summed E-state index contributed by atoms with van der Waals surface area (Å²) in [6, 6.07) is 12.7. The van der Waals surface area contributed by atoms with Gasteiger partial charge >= 0.3 is 0 Å². The minimum atomic E-state index is -0.284. The number of rotatable bonds is 2. The van der Waals surface area contributed by atoms with Crippen molar-refractivity contribution in [2.45, 2.75) is 0 Å². The van der Waals surface area contributed by atoms with Crippen LogP contribution in [0.2, 0.25) is 0 Å². The number of carbonyl (C=O) groups is 1. The number of aromatic nitrogens is 2. The molecule has 5 heteroatoms. The lowest BCUT2D eigenvalue weighted by Crippen LogP contribution is -2.16. The summed E-state index contributed by atoms with van der Waals surface area (Å²) in [5, 5.41) is 2.70. The van der Waals surface area contributed by atoms with E-state index in [9.17, 15) is 4.79 Å². The maximum Gasteiger partial charge on any atom is 0.260 e. The van der Waals surface area contributed by atoms with Gasteiger partial charge in [-0.25, -0.2) is 4.98 Å². The van der Waals surface area contributed by atoms with Crippen LogP contribution in [0, 0.1) is 0 Å². The van der Waals surface area contributed by atoms with E-state index in [-0.39, 0.29) is 5.91 Å². The van der Waals surface area contributed by atoms with Crippen LogP contribution in [0.5, 0.6) is 0 Å². The van der Waals surface area contributed by atoms with Crippen molar-refractivity contribution in [3.8, 4) is 11.3 Å². The first-order valence-electron chi connectivity index (χ1n) is 5.83. The Morgan fingerprint density at radius 3 is 2.84 bits per heavy atom. The van der Waals surface area contributed by atoms with Gasteiger partial charge in [-0.15, -0.1) is 0 Å². The highest BCUT2D eigenvalue weighted by Crippen LogP contribution is 2.20. The monoisotopic (exact) mass is 252 g/mol. The Morgan fingerprint density at radius 2 is 2.00 bits per heavy atom. The number of benzene rings is 1. The van der Waals surface area contributed by atoms with Crippen LogP contribution in [0.3, 0.4) is 0 Å². The molecule has 1 aromatic rings. The molecule has 0 spiro atoms. The van der Waals surface area contributed by atoms with Crippen molar-refractivity contribution in [2.24, 2.45) is 0 Å². The molecule has 19 heavy (non-hydrogen) atoms. The Kier molecular flexibility index (Phi) is 2.64. The van der Waals surface area contributed by atoms with E-state index in [1.165, 1.54) is 0 Å². The molecule has 3 rings (SSSR count). The van der Waals surface area contributed by atoms with E-state index in [0.29, 0.717) is 17.2 Å². The van der Waals surface area contributed by atoms with E-state index in [4.69, 9.17) is 5.73 Å². The highest BCUT2D eigenvalue weighted by Gasteiger charge is 2.11. The lowest BCUT2D eigenvalue weighted by atomic mass is 10.2. The van der Waals surface area contributed by atoms with Crippen LogP contribution in [0.15, 0.2) is 48.7 Å². The number of fused-ring (bicyclic) bond motifs is 1. The number of anilines is 2. The molecule has 1 aromatic carbocycles. The molecule has 0 aromatic heterocycles. The summed E-state index contributed by atoms with van der Waals surface area (Å²) in [6.07, 6.45) is 1.70. The molecule has 0 radical (unpaired) electrons. The van der Waals surface area contributed by atoms with Crippen molar-refractivity contribution in [3.05, 3.63) is 54.2 Å². The molecule has 0 saturated carbocycles. The molecular weight excluding hydrogens is 240 g/mol. The number of para-hydroxylation sites is 1. The highest BCUT2D eigenvalue weighted by molar-refractivity contribution is 6.06. The van der Waals surface area contributed by atoms with Gasteiger partial charge in [0.1, 0.15) is 0 Å². The van der Waals surface area contributed by atoms with E-state index in [1.54, 1.807) is 30.5 Å². The molecule has 5 nitrogen and oxygen atoms in total. The molecule has 94 valence electrons. The summed E-state index contributed by atoms with van der Waals surface area (Å²) < 4.78 is 0. The largest absolute Gasteiger partial charge is 0.398 e. The molecule has 0 unspecified atom stereocenters. The third-order valence-corrected chi connectivity index (χ3v) is 2.87. The van der Waals surface area contributed by atoms with Gasteiger partial charge in [-0.1, -0.05) is 24.3 Å². The minimum absolute atomic E-state index is 0.284. The molecule has 1 heterocycles. The Bertz CT molecular complexity index is 704. The van der Waals surface area contributed by atoms with E-state index in [0.717, 1.165) is 11.3 Å². The van der Waals surface area contributed by atoms with Crippen molar-refractivity contribution in [1.29, 1.82) is 0 Å².